The molecule has 3 nitrogen and oxygen atoms in total. The minimum Gasteiger partial charge on any atom is -0.424 e. The van der Waals surface area contributed by atoms with Gasteiger partial charge in [0, 0.05) is 5.54 Å². The van der Waals surface area contributed by atoms with Gasteiger partial charge in [-0.15, -0.1) is 0 Å². The highest BCUT2D eigenvalue weighted by molar-refractivity contribution is 5.74. The van der Waals surface area contributed by atoms with Crippen molar-refractivity contribution in [3.8, 4) is 0 Å². The van der Waals surface area contributed by atoms with Crippen LogP contribution in [-0.4, -0.2) is 10.5 Å². The molecule has 0 bridgehead atoms. The first-order chi connectivity index (χ1) is 7.65. The summed E-state index contributed by atoms with van der Waals surface area (Å²) in [5.41, 5.74) is 1.84. The van der Waals surface area contributed by atoms with Gasteiger partial charge in [0.2, 0.25) is 0 Å². The van der Waals surface area contributed by atoms with Crippen molar-refractivity contribution in [1.29, 1.82) is 0 Å². The molecule has 0 unspecified atom stereocenters. The van der Waals surface area contributed by atoms with E-state index in [1.165, 1.54) is 12.8 Å². The largest absolute Gasteiger partial charge is 0.424 e. The predicted molar refractivity (Wildman–Crippen MR) is 64.4 cm³/mol. The minimum absolute atomic E-state index is 0.0842. The standard InChI is InChI=1S/C13H16N2O/c1-13(2,9-7-8-9)15-12-14-10-5-3-4-6-11(10)16-12/h3-6,9H,7-8H2,1-2H3,(H,14,15). The van der Waals surface area contributed by atoms with Gasteiger partial charge in [-0.3, -0.25) is 0 Å². The first kappa shape index (κ1) is 9.70. The number of hydrogen-bond acceptors (Lipinski definition) is 3. The van der Waals surface area contributed by atoms with Crippen LogP contribution in [0.25, 0.3) is 11.1 Å². The third kappa shape index (κ3) is 1.66. The smallest absolute Gasteiger partial charge is 0.296 e. The Morgan fingerprint density at radius 2 is 2.06 bits per heavy atom. The second-order valence-electron chi connectivity index (χ2n) is 5.11. The van der Waals surface area contributed by atoms with Crippen LogP contribution in [0.1, 0.15) is 26.7 Å². The average Bonchev–Trinajstić information content (AvgIpc) is 3.00. The topological polar surface area (TPSA) is 38.1 Å². The van der Waals surface area contributed by atoms with E-state index >= 15 is 0 Å². The lowest BCUT2D eigenvalue weighted by atomic mass is 9.99. The molecule has 1 aliphatic rings. The van der Waals surface area contributed by atoms with Gasteiger partial charge >= 0.3 is 0 Å². The van der Waals surface area contributed by atoms with Crippen LogP contribution < -0.4 is 5.32 Å². The third-order valence-corrected chi connectivity index (χ3v) is 3.32. The van der Waals surface area contributed by atoms with E-state index in [-0.39, 0.29) is 5.54 Å². The molecule has 1 fully saturated rings. The highest BCUT2D eigenvalue weighted by Crippen LogP contribution is 2.41. The molecule has 3 heteroatoms. The molecule has 0 amide bonds. The van der Waals surface area contributed by atoms with Crippen molar-refractivity contribution in [2.45, 2.75) is 32.2 Å². The number of para-hydroxylation sites is 2. The average molecular weight is 216 g/mol. The second kappa shape index (κ2) is 3.24. The fourth-order valence-electron chi connectivity index (χ4n) is 2.11. The Balaban J connectivity index is 1.88. The van der Waals surface area contributed by atoms with Crippen LogP contribution in [0.5, 0.6) is 0 Å². The Morgan fingerprint density at radius 3 is 2.75 bits per heavy atom. The summed E-state index contributed by atoms with van der Waals surface area (Å²) in [6.45, 7) is 4.42. The maximum Gasteiger partial charge on any atom is 0.296 e. The Morgan fingerprint density at radius 1 is 1.31 bits per heavy atom. The number of oxazole rings is 1. The summed E-state index contributed by atoms with van der Waals surface area (Å²) in [5, 5.41) is 3.39. The zero-order chi connectivity index (χ0) is 11.2. The van der Waals surface area contributed by atoms with E-state index in [0.29, 0.717) is 6.01 Å². The Labute approximate surface area is 94.9 Å². The summed E-state index contributed by atoms with van der Waals surface area (Å²) < 4.78 is 5.66. The lowest BCUT2D eigenvalue weighted by Gasteiger charge is -2.24. The number of anilines is 1. The van der Waals surface area contributed by atoms with E-state index in [9.17, 15) is 0 Å². The summed E-state index contributed by atoms with van der Waals surface area (Å²) in [6, 6.07) is 8.48. The molecule has 1 N–H and O–H groups in total. The van der Waals surface area contributed by atoms with Crippen molar-refractivity contribution in [2.75, 3.05) is 5.32 Å². The number of benzene rings is 1. The van der Waals surface area contributed by atoms with Gasteiger partial charge in [0.1, 0.15) is 5.52 Å². The zero-order valence-electron chi connectivity index (χ0n) is 9.66. The number of rotatable bonds is 3. The fourth-order valence-corrected chi connectivity index (χ4v) is 2.11. The van der Waals surface area contributed by atoms with Gasteiger partial charge < -0.3 is 9.73 Å². The molecule has 1 heterocycles. The minimum atomic E-state index is 0.0842. The summed E-state index contributed by atoms with van der Waals surface area (Å²) in [5.74, 6) is 0.752. The Kier molecular flexibility index (Phi) is 1.96. The van der Waals surface area contributed by atoms with Crippen LogP contribution in [-0.2, 0) is 0 Å². The Hall–Kier alpha value is -1.51. The van der Waals surface area contributed by atoms with Gasteiger partial charge in [-0.25, -0.2) is 0 Å². The third-order valence-electron chi connectivity index (χ3n) is 3.32. The van der Waals surface area contributed by atoms with Gasteiger partial charge in [0.15, 0.2) is 5.58 Å². The van der Waals surface area contributed by atoms with Gasteiger partial charge in [0.25, 0.3) is 6.01 Å². The predicted octanol–water partition coefficient (Wildman–Crippen LogP) is 3.43. The first-order valence-corrected chi connectivity index (χ1v) is 5.79. The first-order valence-electron chi connectivity index (χ1n) is 5.79. The lowest BCUT2D eigenvalue weighted by Crippen LogP contribution is -2.33. The van der Waals surface area contributed by atoms with Crippen LogP contribution >= 0.6 is 0 Å². The maximum absolute atomic E-state index is 5.66. The molecule has 0 radical (unpaired) electrons. The van der Waals surface area contributed by atoms with Crippen molar-refractivity contribution in [2.24, 2.45) is 5.92 Å². The van der Waals surface area contributed by atoms with E-state index in [1.807, 2.05) is 24.3 Å². The molecule has 84 valence electrons. The molecule has 1 saturated carbocycles. The molecule has 0 saturated heterocycles. The summed E-state index contributed by atoms with van der Waals surface area (Å²) in [6.07, 6.45) is 2.61. The van der Waals surface area contributed by atoms with Gasteiger partial charge in [-0.2, -0.15) is 4.98 Å². The molecule has 3 rings (SSSR count). The molecule has 0 spiro atoms. The zero-order valence-corrected chi connectivity index (χ0v) is 9.66. The molecule has 1 aliphatic carbocycles. The van der Waals surface area contributed by atoms with Crippen molar-refractivity contribution >= 4 is 17.1 Å². The van der Waals surface area contributed by atoms with Crippen molar-refractivity contribution in [1.82, 2.24) is 4.98 Å². The van der Waals surface area contributed by atoms with E-state index in [4.69, 9.17) is 4.42 Å². The molecular weight excluding hydrogens is 200 g/mol. The van der Waals surface area contributed by atoms with Crippen LogP contribution in [0.3, 0.4) is 0 Å². The highest BCUT2D eigenvalue weighted by Gasteiger charge is 2.38. The molecular formula is C13H16N2O. The van der Waals surface area contributed by atoms with E-state index in [1.54, 1.807) is 0 Å². The highest BCUT2D eigenvalue weighted by atomic mass is 16.4. The van der Waals surface area contributed by atoms with Crippen molar-refractivity contribution in [3.05, 3.63) is 24.3 Å². The van der Waals surface area contributed by atoms with Crippen molar-refractivity contribution in [3.63, 3.8) is 0 Å². The number of aromatic nitrogens is 1. The quantitative estimate of drug-likeness (QED) is 0.854. The molecule has 0 atom stereocenters. The molecule has 0 aliphatic heterocycles. The molecule has 1 aromatic carbocycles. The number of hydrogen-bond donors (Lipinski definition) is 1. The van der Waals surface area contributed by atoms with E-state index in [2.05, 4.69) is 24.1 Å². The van der Waals surface area contributed by atoms with Crippen LogP contribution in [0.2, 0.25) is 0 Å². The maximum atomic E-state index is 5.66. The van der Waals surface area contributed by atoms with E-state index in [0.717, 1.165) is 17.0 Å². The lowest BCUT2D eigenvalue weighted by molar-refractivity contribution is 0.468. The van der Waals surface area contributed by atoms with E-state index < -0.39 is 0 Å². The SMILES string of the molecule is CC(C)(Nc1nc2ccccc2o1)C1CC1. The van der Waals surface area contributed by atoms with Crippen LogP contribution in [0.15, 0.2) is 28.7 Å². The van der Waals surface area contributed by atoms with Crippen LogP contribution in [0, 0.1) is 5.92 Å². The molecule has 2 aromatic rings. The van der Waals surface area contributed by atoms with Gasteiger partial charge in [-0.1, -0.05) is 12.1 Å². The summed E-state index contributed by atoms with van der Waals surface area (Å²) in [7, 11) is 0. The molecule has 16 heavy (non-hydrogen) atoms. The number of nitrogens with one attached hydrogen (secondary N) is 1. The summed E-state index contributed by atoms with van der Waals surface area (Å²) >= 11 is 0. The van der Waals surface area contributed by atoms with Crippen LogP contribution in [0.4, 0.5) is 6.01 Å². The molecule has 1 aromatic heterocycles. The number of nitrogens with zero attached hydrogens (tertiary/aromatic N) is 1. The van der Waals surface area contributed by atoms with Crippen molar-refractivity contribution < 1.29 is 4.42 Å². The normalized spacial score (nSPS) is 16.6. The Bertz CT molecular complexity index is 478. The second-order valence-corrected chi connectivity index (χ2v) is 5.11. The number of fused-ring (bicyclic) bond motifs is 1. The van der Waals surface area contributed by atoms with Gasteiger partial charge in [0.05, 0.1) is 0 Å². The monoisotopic (exact) mass is 216 g/mol. The summed E-state index contributed by atoms with van der Waals surface area (Å²) in [4.78, 5) is 4.43. The fraction of sp³-hybridized carbons (Fsp3) is 0.462. The van der Waals surface area contributed by atoms with Gasteiger partial charge in [-0.05, 0) is 44.7 Å².